The van der Waals surface area contributed by atoms with Crippen LogP contribution in [0.3, 0.4) is 0 Å². The summed E-state index contributed by atoms with van der Waals surface area (Å²) >= 11 is 3.78. The highest BCUT2D eigenvalue weighted by atomic mass is 32.2. The van der Waals surface area contributed by atoms with E-state index in [0.29, 0.717) is 0 Å². The lowest BCUT2D eigenvalue weighted by Crippen LogP contribution is -2.29. The monoisotopic (exact) mass is 202 g/mol. The van der Waals surface area contributed by atoms with Gasteiger partial charge >= 0.3 is 0 Å². The first-order valence-electron chi connectivity index (χ1n) is 4.23. The molecular formula is C8H14N2S2. The zero-order valence-electron chi connectivity index (χ0n) is 7.17. The van der Waals surface area contributed by atoms with Crippen LogP contribution in [0, 0.1) is 0 Å². The molecule has 0 saturated heterocycles. The van der Waals surface area contributed by atoms with E-state index in [2.05, 4.69) is 11.6 Å². The Morgan fingerprint density at radius 3 is 3.25 bits per heavy atom. The summed E-state index contributed by atoms with van der Waals surface area (Å²) in [5.74, 6) is 0. The van der Waals surface area contributed by atoms with Crippen LogP contribution in [0.15, 0.2) is 10.6 Å². The van der Waals surface area contributed by atoms with Crippen LogP contribution in [0.2, 0.25) is 0 Å². The van der Waals surface area contributed by atoms with Crippen molar-refractivity contribution in [2.45, 2.75) is 30.0 Å². The molecule has 2 rings (SSSR count). The molecule has 1 aliphatic heterocycles. The number of nitrogens with one attached hydrogen (secondary N) is 1. The van der Waals surface area contributed by atoms with Gasteiger partial charge in [0.05, 0.1) is 0 Å². The third kappa shape index (κ3) is 1.60. The summed E-state index contributed by atoms with van der Waals surface area (Å²) in [5.41, 5.74) is 7.32. The summed E-state index contributed by atoms with van der Waals surface area (Å²) in [5, 5.41) is 4.13. The van der Waals surface area contributed by atoms with E-state index < -0.39 is 0 Å². The lowest BCUT2D eigenvalue weighted by Gasteiger charge is -2.20. The van der Waals surface area contributed by atoms with E-state index in [0.717, 1.165) is 5.25 Å². The second-order valence-electron chi connectivity index (χ2n) is 3.19. The second kappa shape index (κ2) is 3.52. The van der Waals surface area contributed by atoms with Crippen molar-refractivity contribution in [3.05, 3.63) is 10.6 Å². The van der Waals surface area contributed by atoms with Crippen molar-refractivity contribution in [2.24, 2.45) is 5.73 Å². The van der Waals surface area contributed by atoms with Crippen molar-refractivity contribution < 1.29 is 0 Å². The maximum Gasteiger partial charge on any atom is 0.127 e. The lowest BCUT2D eigenvalue weighted by molar-refractivity contribution is 0.653. The van der Waals surface area contributed by atoms with E-state index >= 15 is 0 Å². The van der Waals surface area contributed by atoms with Gasteiger partial charge in [0.15, 0.2) is 0 Å². The van der Waals surface area contributed by atoms with Gasteiger partial charge in [-0.05, 0) is 25.5 Å². The number of rotatable bonds is 1. The third-order valence-electron chi connectivity index (χ3n) is 2.39. The van der Waals surface area contributed by atoms with E-state index in [-0.39, 0.29) is 5.50 Å². The normalized spacial score (nSPS) is 34.8. The summed E-state index contributed by atoms with van der Waals surface area (Å²) in [7, 11) is 0. The molecule has 0 aromatic rings. The summed E-state index contributed by atoms with van der Waals surface area (Å²) in [4.78, 5) is 1.51. The zero-order chi connectivity index (χ0) is 8.55. The van der Waals surface area contributed by atoms with Gasteiger partial charge in [0.2, 0.25) is 0 Å². The molecule has 12 heavy (non-hydrogen) atoms. The Balaban J connectivity index is 2.04. The van der Waals surface area contributed by atoms with Crippen LogP contribution in [0.4, 0.5) is 0 Å². The van der Waals surface area contributed by atoms with Gasteiger partial charge in [0, 0.05) is 15.9 Å². The molecule has 68 valence electrons. The minimum Gasteiger partial charge on any atom is -0.364 e. The molecule has 4 heteroatoms. The van der Waals surface area contributed by atoms with Crippen LogP contribution in [-0.2, 0) is 0 Å². The molecule has 0 spiro atoms. The predicted octanol–water partition coefficient (Wildman–Crippen LogP) is 1.69. The quantitative estimate of drug-likeness (QED) is 0.678. The molecule has 0 bridgehead atoms. The molecule has 0 radical (unpaired) electrons. The molecule has 1 heterocycles. The second-order valence-corrected chi connectivity index (χ2v) is 5.56. The molecule has 3 N–H and O–H groups in total. The maximum atomic E-state index is 5.78. The Kier molecular flexibility index (Phi) is 2.57. The van der Waals surface area contributed by atoms with Gasteiger partial charge in [0.25, 0.3) is 0 Å². The van der Waals surface area contributed by atoms with E-state index in [1.807, 2.05) is 11.8 Å². The number of thioether (sulfide) groups is 2. The maximum absolute atomic E-state index is 5.78. The predicted molar refractivity (Wildman–Crippen MR) is 56.9 cm³/mol. The minimum atomic E-state index is 0.121. The first kappa shape index (κ1) is 8.78. The van der Waals surface area contributed by atoms with Crippen molar-refractivity contribution in [1.82, 2.24) is 5.32 Å². The fourth-order valence-corrected chi connectivity index (χ4v) is 3.61. The van der Waals surface area contributed by atoms with Crippen molar-refractivity contribution in [1.29, 1.82) is 0 Å². The summed E-state index contributed by atoms with van der Waals surface area (Å²) in [6.45, 7) is 0. The molecular weight excluding hydrogens is 188 g/mol. The molecule has 2 nitrogen and oxygen atoms in total. The fourth-order valence-electron chi connectivity index (χ4n) is 1.70. The Morgan fingerprint density at radius 2 is 2.50 bits per heavy atom. The van der Waals surface area contributed by atoms with E-state index in [4.69, 9.17) is 5.73 Å². The SMILES string of the molecule is CS[C@@H]1CCC2=C(C1)SC(N)N2. The van der Waals surface area contributed by atoms with Crippen LogP contribution < -0.4 is 11.1 Å². The lowest BCUT2D eigenvalue weighted by atomic mass is 10.0. The highest BCUT2D eigenvalue weighted by Gasteiger charge is 2.27. The molecule has 0 aromatic carbocycles. The van der Waals surface area contributed by atoms with Crippen molar-refractivity contribution >= 4 is 23.5 Å². The van der Waals surface area contributed by atoms with Crippen molar-refractivity contribution in [2.75, 3.05) is 6.26 Å². The topological polar surface area (TPSA) is 38.0 Å². The number of allylic oxidation sites excluding steroid dienone is 2. The molecule has 0 saturated carbocycles. The fraction of sp³-hybridized carbons (Fsp3) is 0.750. The molecule has 1 unspecified atom stereocenters. The van der Waals surface area contributed by atoms with Crippen molar-refractivity contribution in [3.63, 3.8) is 0 Å². The third-order valence-corrected chi connectivity index (χ3v) is 4.52. The molecule has 0 aromatic heterocycles. The van der Waals surface area contributed by atoms with Gasteiger partial charge in [0.1, 0.15) is 5.50 Å². The van der Waals surface area contributed by atoms with Gasteiger partial charge < -0.3 is 11.1 Å². The summed E-state index contributed by atoms with van der Waals surface area (Å²) in [6.07, 6.45) is 5.92. The van der Waals surface area contributed by atoms with Crippen LogP contribution >= 0.6 is 23.5 Å². The molecule has 2 atom stereocenters. The first-order chi connectivity index (χ1) is 5.79. The van der Waals surface area contributed by atoms with Gasteiger partial charge in [-0.15, -0.1) is 0 Å². The van der Waals surface area contributed by atoms with Gasteiger partial charge in [-0.25, -0.2) is 0 Å². The van der Waals surface area contributed by atoms with E-state index in [1.54, 1.807) is 11.8 Å². The number of hydrogen-bond donors (Lipinski definition) is 2. The smallest absolute Gasteiger partial charge is 0.127 e. The van der Waals surface area contributed by atoms with Crippen molar-refractivity contribution in [3.8, 4) is 0 Å². The Labute approximate surface area is 81.7 Å². The average molecular weight is 202 g/mol. The van der Waals surface area contributed by atoms with Gasteiger partial charge in [-0.1, -0.05) is 11.8 Å². The standard InChI is InChI=1S/C8H14N2S2/c1-11-5-2-3-6-7(4-5)12-8(9)10-6/h5,8,10H,2-4,9H2,1H3/t5-,8?/m1/s1. The van der Waals surface area contributed by atoms with E-state index in [1.165, 1.54) is 29.9 Å². The molecule has 0 amide bonds. The van der Waals surface area contributed by atoms with Crippen LogP contribution in [-0.4, -0.2) is 17.0 Å². The molecule has 1 aliphatic carbocycles. The average Bonchev–Trinajstić information content (AvgIpc) is 2.43. The van der Waals surface area contributed by atoms with Gasteiger partial charge in [-0.2, -0.15) is 11.8 Å². The Morgan fingerprint density at radius 1 is 1.67 bits per heavy atom. The highest BCUT2D eigenvalue weighted by Crippen LogP contribution is 2.40. The zero-order valence-corrected chi connectivity index (χ0v) is 8.80. The number of nitrogens with two attached hydrogens (primary N) is 1. The van der Waals surface area contributed by atoms with Crippen LogP contribution in [0.5, 0.6) is 0 Å². The first-order valence-corrected chi connectivity index (χ1v) is 6.40. The number of hydrogen-bond acceptors (Lipinski definition) is 4. The summed E-state index contributed by atoms with van der Waals surface area (Å²) < 4.78 is 0. The van der Waals surface area contributed by atoms with Crippen LogP contribution in [0.1, 0.15) is 19.3 Å². The largest absolute Gasteiger partial charge is 0.364 e. The highest BCUT2D eigenvalue weighted by molar-refractivity contribution is 8.04. The summed E-state index contributed by atoms with van der Waals surface area (Å²) in [6, 6.07) is 0. The Bertz CT molecular complexity index is 215. The van der Waals surface area contributed by atoms with Gasteiger partial charge in [-0.3, -0.25) is 0 Å². The van der Waals surface area contributed by atoms with E-state index in [9.17, 15) is 0 Å². The molecule has 0 fully saturated rings. The van der Waals surface area contributed by atoms with Crippen LogP contribution in [0.25, 0.3) is 0 Å². The molecule has 2 aliphatic rings. The Hall–Kier alpha value is 0.200. The minimum absolute atomic E-state index is 0.121.